The molecule has 0 atom stereocenters. The van der Waals surface area contributed by atoms with Crippen molar-refractivity contribution >= 4 is 39.3 Å². The molecule has 182 valence electrons. The van der Waals surface area contributed by atoms with Gasteiger partial charge in [0.2, 0.25) is 5.95 Å². The minimum absolute atomic E-state index is 0.391. The molecule has 0 bridgehead atoms. The van der Waals surface area contributed by atoms with Gasteiger partial charge in [-0.05, 0) is 55.8 Å². The molecule has 4 aromatic rings. The molecular formula is C26H31N7OS. The number of rotatable bonds is 6. The van der Waals surface area contributed by atoms with Crippen molar-refractivity contribution in [2.45, 2.75) is 44.7 Å². The van der Waals surface area contributed by atoms with Gasteiger partial charge in [0, 0.05) is 36.9 Å². The second kappa shape index (κ2) is 9.93. The van der Waals surface area contributed by atoms with E-state index in [2.05, 4.69) is 49.2 Å². The van der Waals surface area contributed by atoms with Crippen LogP contribution in [0.1, 0.15) is 31.4 Å². The standard InChI is InChI=1S/C26H31N7OS/c1-17-15-22(35-32-17)29-26-30-24-23(21(16-27-24)18-5-3-2-4-6-18)25(31-26)28-19-7-9-20(10-8-19)33-11-13-34-14-12-33/h2-6,15-16,19-20H,7-14H2,1H3,(H3,27,28,29,30,31)/t19-,20-. The lowest BCUT2D eigenvalue weighted by atomic mass is 9.90. The lowest BCUT2D eigenvalue weighted by Gasteiger charge is -2.39. The van der Waals surface area contributed by atoms with E-state index < -0.39 is 0 Å². The summed E-state index contributed by atoms with van der Waals surface area (Å²) in [4.78, 5) is 15.8. The number of benzene rings is 1. The molecule has 3 N–H and O–H groups in total. The highest BCUT2D eigenvalue weighted by molar-refractivity contribution is 7.10. The number of morpholine rings is 1. The Morgan fingerprint density at radius 2 is 1.86 bits per heavy atom. The van der Waals surface area contributed by atoms with Crippen LogP contribution in [-0.4, -0.2) is 62.6 Å². The Kier molecular flexibility index (Phi) is 6.37. The number of nitrogens with one attached hydrogen (secondary N) is 3. The third-order valence-corrected chi connectivity index (χ3v) is 7.87. The van der Waals surface area contributed by atoms with Gasteiger partial charge < -0.3 is 20.4 Å². The highest BCUT2D eigenvalue weighted by Crippen LogP contribution is 2.35. The van der Waals surface area contributed by atoms with Crippen LogP contribution in [0, 0.1) is 6.92 Å². The van der Waals surface area contributed by atoms with Gasteiger partial charge >= 0.3 is 0 Å². The van der Waals surface area contributed by atoms with Crippen molar-refractivity contribution in [1.29, 1.82) is 0 Å². The van der Waals surface area contributed by atoms with Crippen molar-refractivity contribution in [1.82, 2.24) is 24.2 Å². The predicted molar refractivity (Wildman–Crippen MR) is 142 cm³/mol. The summed E-state index contributed by atoms with van der Waals surface area (Å²) in [7, 11) is 0. The Labute approximate surface area is 209 Å². The molecule has 2 aliphatic rings. The zero-order valence-electron chi connectivity index (χ0n) is 20.0. The van der Waals surface area contributed by atoms with Crippen LogP contribution in [0.2, 0.25) is 0 Å². The van der Waals surface area contributed by atoms with Gasteiger partial charge in [-0.25, -0.2) is 0 Å². The topological polar surface area (TPSA) is 91.0 Å². The summed E-state index contributed by atoms with van der Waals surface area (Å²) in [6, 6.07) is 13.5. The minimum Gasteiger partial charge on any atom is -0.379 e. The molecule has 35 heavy (non-hydrogen) atoms. The molecule has 1 aliphatic heterocycles. The van der Waals surface area contributed by atoms with Crippen molar-refractivity contribution < 1.29 is 4.74 Å². The highest BCUT2D eigenvalue weighted by Gasteiger charge is 2.28. The number of ether oxygens (including phenoxy) is 1. The Hall–Kier alpha value is -3.01. The van der Waals surface area contributed by atoms with E-state index in [1.165, 1.54) is 24.4 Å². The number of aromatic amines is 1. The third-order valence-electron chi connectivity index (χ3n) is 7.08. The Balaban J connectivity index is 1.28. The Morgan fingerprint density at radius 3 is 2.60 bits per heavy atom. The van der Waals surface area contributed by atoms with E-state index in [-0.39, 0.29) is 0 Å². The van der Waals surface area contributed by atoms with Crippen LogP contribution in [0.25, 0.3) is 22.2 Å². The first-order chi connectivity index (χ1) is 17.2. The number of fused-ring (bicyclic) bond motifs is 1. The first-order valence-corrected chi connectivity index (χ1v) is 13.2. The maximum Gasteiger partial charge on any atom is 0.231 e. The van der Waals surface area contributed by atoms with Crippen LogP contribution in [0.3, 0.4) is 0 Å². The van der Waals surface area contributed by atoms with Crippen molar-refractivity contribution in [3.05, 3.63) is 48.3 Å². The largest absolute Gasteiger partial charge is 0.379 e. The molecule has 3 aromatic heterocycles. The summed E-state index contributed by atoms with van der Waals surface area (Å²) in [5, 5.41) is 9.14. The Bertz CT molecular complexity index is 1270. The molecule has 4 heterocycles. The summed E-state index contributed by atoms with van der Waals surface area (Å²) in [6.45, 7) is 5.84. The van der Waals surface area contributed by atoms with Crippen LogP contribution in [0.15, 0.2) is 42.6 Å². The van der Waals surface area contributed by atoms with Crippen LogP contribution >= 0.6 is 11.5 Å². The fourth-order valence-corrected chi connectivity index (χ4v) is 5.95. The molecule has 8 nitrogen and oxygen atoms in total. The van der Waals surface area contributed by atoms with Gasteiger partial charge in [0.05, 0.1) is 24.3 Å². The second-order valence-corrected chi connectivity index (χ2v) is 10.2. The normalized spacial score (nSPS) is 21.3. The molecule has 6 rings (SSSR count). The molecule has 1 aliphatic carbocycles. The second-order valence-electron chi connectivity index (χ2n) is 9.44. The number of nitrogens with zero attached hydrogens (tertiary/aromatic N) is 4. The van der Waals surface area contributed by atoms with Crippen molar-refractivity contribution in [3.8, 4) is 11.1 Å². The molecule has 0 amide bonds. The first-order valence-electron chi connectivity index (χ1n) is 12.5. The van der Waals surface area contributed by atoms with Crippen LogP contribution in [0.4, 0.5) is 16.8 Å². The summed E-state index contributed by atoms with van der Waals surface area (Å²) < 4.78 is 9.92. The zero-order chi connectivity index (χ0) is 23.6. The monoisotopic (exact) mass is 489 g/mol. The van der Waals surface area contributed by atoms with Crippen LogP contribution in [-0.2, 0) is 4.74 Å². The van der Waals surface area contributed by atoms with E-state index in [9.17, 15) is 0 Å². The molecule has 0 radical (unpaired) electrons. The molecule has 2 fully saturated rings. The quantitative estimate of drug-likeness (QED) is 0.343. The average molecular weight is 490 g/mol. The number of anilines is 3. The van der Waals surface area contributed by atoms with Crippen molar-refractivity contribution in [2.75, 3.05) is 36.9 Å². The molecule has 1 saturated heterocycles. The third kappa shape index (κ3) is 4.89. The van der Waals surface area contributed by atoms with Crippen LogP contribution in [0.5, 0.6) is 0 Å². The number of aryl methyl sites for hydroxylation is 1. The van der Waals surface area contributed by atoms with Gasteiger partial charge in [-0.3, -0.25) is 4.90 Å². The average Bonchev–Trinajstić information content (AvgIpc) is 3.51. The highest BCUT2D eigenvalue weighted by atomic mass is 32.1. The van der Waals surface area contributed by atoms with Gasteiger partial charge in [-0.1, -0.05) is 30.3 Å². The molecule has 9 heteroatoms. The van der Waals surface area contributed by atoms with Gasteiger partial charge in [0.25, 0.3) is 0 Å². The molecule has 0 spiro atoms. The SMILES string of the molecule is Cc1cc(Nc2nc(N[C@H]3CC[C@H](N4CCOCC4)CC3)c3c(-c4ccccc4)c[nH]c3n2)sn1. The maximum absolute atomic E-state index is 5.55. The fourth-order valence-electron chi connectivity index (χ4n) is 5.29. The lowest BCUT2D eigenvalue weighted by Crippen LogP contribution is -2.46. The number of hydrogen-bond acceptors (Lipinski definition) is 8. The summed E-state index contributed by atoms with van der Waals surface area (Å²) in [5.74, 6) is 1.46. The van der Waals surface area contributed by atoms with Gasteiger partial charge in [0.15, 0.2) is 0 Å². The molecule has 0 unspecified atom stereocenters. The van der Waals surface area contributed by atoms with Gasteiger partial charge in [-0.15, -0.1) is 0 Å². The van der Waals surface area contributed by atoms with E-state index >= 15 is 0 Å². The minimum atomic E-state index is 0.391. The van der Waals surface area contributed by atoms with Crippen molar-refractivity contribution in [2.24, 2.45) is 0 Å². The zero-order valence-corrected chi connectivity index (χ0v) is 20.8. The van der Waals surface area contributed by atoms with Crippen molar-refractivity contribution in [3.63, 3.8) is 0 Å². The first kappa shape index (κ1) is 22.5. The maximum atomic E-state index is 5.55. The molecule has 1 aromatic carbocycles. The summed E-state index contributed by atoms with van der Waals surface area (Å²) >= 11 is 1.42. The summed E-state index contributed by atoms with van der Waals surface area (Å²) in [5.41, 5.74) is 4.08. The fraction of sp³-hybridized carbons (Fsp3) is 0.423. The summed E-state index contributed by atoms with van der Waals surface area (Å²) in [6.07, 6.45) is 6.71. The van der Waals surface area contributed by atoms with E-state index in [0.29, 0.717) is 18.0 Å². The lowest BCUT2D eigenvalue weighted by molar-refractivity contribution is 0.00791. The molecular weight excluding hydrogens is 458 g/mol. The van der Waals surface area contributed by atoms with Gasteiger partial charge in [-0.2, -0.15) is 14.3 Å². The smallest absolute Gasteiger partial charge is 0.231 e. The number of hydrogen-bond donors (Lipinski definition) is 3. The van der Waals surface area contributed by atoms with Crippen LogP contribution < -0.4 is 10.6 Å². The molecule has 1 saturated carbocycles. The van der Waals surface area contributed by atoms with E-state index in [1.807, 2.05) is 25.3 Å². The Morgan fingerprint density at radius 1 is 1.06 bits per heavy atom. The predicted octanol–water partition coefficient (Wildman–Crippen LogP) is 5.19. The van der Waals surface area contributed by atoms with E-state index in [4.69, 9.17) is 14.7 Å². The van der Waals surface area contributed by atoms with E-state index in [1.54, 1.807) is 0 Å². The number of H-pyrrole nitrogens is 1. The van der Waals surface area contributed by atoms with E-state index in [0.717, 1.165) is 77.8 Å². The van der Waals surface area contributed by atoms with Gasteiger partial charge in [0.1, 0.15) is 16.5 Å². The number of aromatic nitrogens is 4.